The maximum atomic E-state index is 9.08. The van der Waals surface area contributed by atoms with Gasteiger partial charge in [0.1, 0.15) is 5.82 Å². The lowest BCUT2D eigenvalue weighted by Gasteiger charge is -2.09. The molecule has 3 aromatic rings. The number of fused-ring (bicyclic) bond motifs is 1. The highest BCUT2D eigenvalue weighted by atomic mass is 79.9. The second-order valence-corrected chi connectivity index (χ2v) is 5.89. The van der Waals surface area contributed by atoms with E-state index in [1.54, 1.807) is 6.07 Å². The third-order valence-electron chi connectivity index (χ3n) is 3.24. The molecule has 0 spiro atoms. The van der Waals surface area contributed by atoms with Crippen molar-refractivity contribution in [3.63, 3.8) is 0 Å². The first-order chi connectivity index (χ1) is 10.2. The van der Waals surface area contributed by atoms with E-state index in [1.807, 2.05) is 36.4 Å². The number of aryl methyl sites for hydroxylation is 1. The monoisotopic (exact) mass is 359 g/mol. The summed E-state index contributed by atoms with van der Waals surface area (Å²) in [5.74, 6) is 1.40. The van der Waals surface area contributed by atoms with Crippen molar-refractivity contribution in [1.29, 1.82) is 5.26 Å². The molecule has 104 valence electrons. The van der Waals surface area contributed by atoms with Crippen molar-refractivity contribution in [2.45, 2.75) is 6.42 Å². The quantitative estimate of drug-likeness (QED) is 0.648. The molecule has 0 amide bonds. The third-order valence-corrected chi connectivity index (χ3v) is 3.92. The van der Waals surface area contributed by atoms with Gasteiger partial charge in [-0.05, 0) is 36.4 Å². The molecule has 3 rings (SSSR count). The van der Waals surface area contributed by atoms with Crippen molar-refractivity contribution >= 4 is 38.6 Å². The summed E-state index contributed by atoms with van der Waals surface area (Å²) in [5, 5.41) is 9.08. The number of alkyl halides is 1. The van der Waals surface area contributed by atoms with Gasteiger partial charge in [-0.1, -0.05) is 22.0 Å². The van der Waals surface area contributed by atoms with E-state index in [9.17, 15) is 0 Å². The Morgan fingerprint density at radius 1 is 1.24 bits per heavy atom. The molecule has 0 radical (unpaired) electrons. The number of hydrogen-bond acceptors (Lipinski definition) is 2. The lowest BCUT2D eigenvalue weighted by molar-refractivity contribution is 0.912. The van der Waals surface area contributed by atoms with Crippen LogP contribution >= 0.6 is 27.5 Å². The highest BCUT2D eigenvalue weighted by Crippen LogP contribution is 2.25. The van der Waals surface area contributed by atoms with Gasteiger partial charge in [-0.15, -0.1) is 11.6 Å². The van der Waals surface area contributed by atoms with Gasteiger partial charge < -0.3 is 0 Å². The van der Waals surface area contributed by atoms with Crippen molar-refractivity contribution < 1.29 is 0 Å². The van der Waals surface area contributed by atoms with E-state index in [1.165, 1.54) is 0 Å². The standard InChI is InChI=1S/C16H11BrClN3/c17-12-4-5-15-14(9-12)20-16(6-7-18)21(15)13-3-1-2-11(8-13)10-19/h1-5,8-9H,6-7H2. The zero-order valence-electron chi connectivity index (χ0n) is 11.1. The summed E-state index contributed by atoms with van der Waals surface area (Å²) in [6.45, 7) is 0. The van der Waals surface area contributed by atoms with Gasteiger partial charge in [-0.25, -0.2) is 4.98 Å². The first-order valence-corrected chi connectivity index (χ1v) is 7.79. The molecule has 0 bridgehead atoms. The number of aromatic nitrogens is 2. The molecule has 0 aliphatic heterocycles. The highest BCUT2D eigenvalue weighted by Gasteiger charge is 2.12. The molecule has 21 heavy (non-hydrogen) atoms. The summed E-state index contributed by atoms with van der Waals surface area (Å²) in [4.78, 5) is 4.66. The lowest BCUT2D eigenvalue weighted by atomic mass is 10.2. The van der Waals surface area contributed by atoms with Gasteiger partial charge in [0.25, 0.3) is 0 Å². The lowest BCUT2D eigenvalue weighted by Crippen LogP contribution is -2.02. The van der Waals surface area contributed by atoms with Crippen LogP contribution in [-0.4, -0.2) is 15.4 Å². The van der Waals surface area contributed by atoms with Crippen LogP contribution in [0.1, 0.15) is 11.4 Å². The minimum Gasteiger partial charge on any atom is -0.296 e. The molecule has 1 heterocycles. The van der Waals surface area contributed by atoms with Crippen LogP contribution < -0.4 is 0 Å². The van der Waals surface area contributed by atoms with Gasteiger partial charge in [-0.2, -0.15) is 5.26 Å². The van der Waals surface area contributed by atoms with Crippen LogP contribution in [0, 0.1) is 11.3 Å². The van der Waals surface area contributed by atoms with Gasteiger partial charge in [0, 0.05) is 22.5 Å². The maximum absolute atomic E-state index is 9.08. The molecule has 1 aromatic heterocycles. The van der Waals surface area contributed by atoms with E-state index >= 15 is 0 Å². The molecule has 0 atom stereocenters. The molecule has 0 saturated carbocycles. The molecule has 0 aliphatic rings. The number of halogens is 2. The largest absolute Gasteiger partial charge is 0.296 e. The highest BCUT2D eigenvalue weighted by molar-refractivity contribution is 9.10. The van der Waals surface area contributed by atoms with Crippen LogP contribution in [0.4, 0.5) is 0 Å². The third kappa shape index (κ3) is 2.67. The van der Waals surface area contributed by atoms with Crippen molar-refractivity contribution in [2.75, 3.05) is 5.88 Å². The topological polar surface area (TPSA) is 41.6 Å². The minimum absolute atomic E-state index is 0.502. The van der Waals surface area contributed by atoms with E-state index in [0.717, 1.165) is 27.0 Å². The molecular formula is C16H11BrClN3. The van der Waals surface area contributed by atoms with E-state index in [-0.39, 0.29) is 0 Å². The summed E-state index contributed by atoms with van der Waals surface area (Å²) in [6, 6.07) is 15.7. The number of imidazole rings is 1. The Kier molecular flexibility index (Phi) is 3.96. The zero-order chi connectivity index (χ0) is 14.8. The average Bonchev–Trinajstić information content (AvgIpc) is 2.84. The molecule has 0 N–H and O–H groups in total. The fourth-order valence-corrected chi connectivity index (χ4v) is 2.88. The first-order valence-electron chi connectivity index (χ1n) is 6.46. The van der Waals surface area contributed by atoms with Crippen LogP contribution in [0.3, 0.4) is 0 Å². The van der Waals surface area contributed by atoms with Gasteiger partial charge in [0.15, 0.2) is 0 Å². The molecule has 2 aromatic carbocycles. The Labute approximate surface area is 135 Å². The van der Waals surface area contributed by atoms with Gasteiger partial charge >= 0.3 is 0 Å². The first kappa shape index (κ1) is 14.1. The summed E-state index contributed by atoms with van der Waals surface area (Å²) in [6.07, 6.45) is 0.671. The van der Waals surface area contributed by atoms with E-state index in [4.69, 9.17) is 16.9 Å². The Morgan fingerprint density at radius 3 is 2.86 bits per heavy atom. The van der Waals surface area contributed by atoms with Crippen molar-refractivity contribution in [3.8, 4) is 11.8 Å². The van der Waals surface area contributed by atoms with Crippen molar-refractivity contribution in [3.05, 3.63) is 58.3 Å². The summed E-state index contributed by atoms with van der Waals surface area (Å²) >= 11 is 9.36. The second kappa shape index (κ2) is 5.88. The van der Waals surface area contributed by atoms with Gasteiger partial charge in [-0.3, -0.25) is 4.57 Å². The Morgan fingerprint density at radius 2 is 2.10 bits per heavy atom. The molecule has 0 saturated heterocycles. The Bertz CT molecular complexity index is 848. The van der Waals surface area contributed by atoms with Crippen LogP contribution in [0.5, 0.6) is 0 Å². The summed E-state index contributed by atoms with van der Waals surface area (Å²) < 4.78 is 3.05. The fourth-order valence-electron chi connectivity index (χ4n) is 2.36. The van der Waals surface area contributed by atoms with Gasteiger partial charge in [0.2, 0.25) is 0 Å². The van der Waals surface area contributed by atoms with Crippen LogP contribution in [0.2, 0.25) is 0 Å². The molecule has 0 unspecified atom stereocenters. The second-order valence-electron chi connectivity index (χ2n) is 4.60. The predicted molar refractivity (Wildman–Crippen MR) is 87.9 cm³/mol. The summed E-state index contributed by atoms with van der Waals surface area (Å²) in [5.41, 5.74) is 3.47. The predicted octanol–water partition coefficient (Wildman–Crippen LogP) is 4.44. The Hall–Kier alpha value is -1.83. The van der Waals surface area contributed by atoms with E-state index in [0.29, 0.717) is 17.9 Å². The molecular weight excluding hydrogens is 350 g/mol. The molecule has 0 fully saturated rings. The Balaban J connectivity index is 2.28. The van der Waals surface area contributed by atoms with Crippen molar-refractivity contribution in [1.82, 2.24) is 9.55 Å². The zero-order valence-corrected chi connectivity index (χ0v) is 13.4. The number of hydrogen-bond donors (Lipinski definition) is 0. The van der Waals surface area contributed by atoms with Crippen LogP contribution in [-0.2, 0) is 6.42 Å². The minimum atomic E-state index is 0.502. The number of nitrogens with zero attached hydrogens (tertiary/aromatic N) is 3. The number of benzene rings is 2. The smallest absolute Gasteiger partial charge is 0.115 e. The van der Waals surface area contributed by atoms with Gasteiger partial charge in [0.05, 0.1) is 22.7 Å². The average molecular weight is 361 g/mol. The van der Waals surface area contributed by atoms with Crippen LogP contribution in [0.25, 0.3) is 16.7 Å². The van der Waals surface area contributed by atoms with Crippen LogP contribution in [0.15, 0.2) is 46.9 Å². The normalized spacial score (nSPS) is 10.7. The number of nitriles is 1. The summed E-state index contributed by atoms with van der Waals surface area (Å²) in [7, 11) is 0. The van der Waals surface area contributed by atoms with Crippen molar-refractivity contribution in [2.24, 2.45) is 0 Å². The number of rotatable bonds is 3. The SMILES string of the molecule is N#Cc1cccc(-n2c(CCCl)nc3cc(Br)ccc32)c1. The molecule has 5 heteroatoms. The van der Waals surface area contributed by atoms with E-state index in [2.05, 4.69) is 31.6 Å². The van der Waals surface area contributed by atoms with E-state index < -0.39 is 0 Å². The molecule has 0 aliphatic carbocycles. The maximum Gasteiger partial charge on any atom is 0.115 e. The molecule has 3 nitrogen and oxygen atoms in total. The fraction of sp³-hybridized carbons (Fsp3) is 0.125.